The fourth-order valence-corrected chi connectivity index (χ4v) is 3.11. The number of hydrogen-bond acceptors (Lipinski definition) is 6. The number of ether oxygens (including phenoxy) is 1. The van der Waals surface area contributed by atoms with Crippen LogP contribution in [0.25, 0.3) is 28.5 Å². The van der Waals surface area contributed by atoms with Crippen molar-refractivity contribution in [1.82, 2.24) is 24.7 Å². The number of benzene rings is 2. The molecule has 8 heteroatoms. The lowest BCUT2D eigenvalue weighted by molar-refractivity contribution is 0.304. The van der Waals surface area contributed by atoms with Crippen LogP contribution in [0.5, 0.6) is 5.75 Å². The predicted molar refractivity (Wildman–Crippen MR) is 107 cm³/mol. The van der Waals surface area contributed by atoms with Gasteiger partial charge in [-0.1, -0.05) is 23.4 Å². The summed E-state index contributed by atoms with van der Waals surface area (Å²) in [5.41, 5.74) is 3.23. The molecule has 0 spiro atoms. The number of halogens is 1. The van der Waals surface area contributed by atoms with Gasteiger partial charge in [-0.25, -0.2) is 4.39 Å². The van der Waals surface area contributed by atoms with E-state index in [0.717, 1.165) is 28.2 Å². The minimum atomic E-state index is -0.334. The standard InChI is InChI=1S/C22H16FN5O2/c1-14-25-26-20-9-8-17(12-28(14)20)21-24-22(30-27-21)16-5-2-4-15(10-16)13-29-19-7-3-6-18(23)11-19/h2-12H,13H2,1H3. The SMILES string of the molecule is Cc1nnc2ccc(-c3noc(-c4cccc(COc5cccc(F)c5)c4)n3)cn12. The predicted octanol–water partition coefficient (Wildman–Crippen LogP) is 4.47. The second kappa shape index (κ2) is 7.40. The van der Waals surface area contributed by atoms with Gasteiger partial charge in [-0.2, -0.15) is 4.98 Å². The van der Waals surface area contributed by atoms with Gasteiger partial charge < -0.3 is 9.26 Å². The average molecular weight is 401 g/mol. The van der Waals surface area contributed by atoms with Crippen LogP contribution in [0, 0.1) is 12.7 Å². The molecule has 148 valence electrons. The number of aromatic nitrogens is 5. The molecule has 30 heavy (non-hydrogen) atoms. The van der Waals surface area contributed by atoms with Crippen LogP contribution < -0.4 is 4.74 Å². The molecule has 0 amide bonds. The van der Waals surface area contributed by atoms with Crippen molar-refractivity contribution in [3.05, 3.63) is 84.1 Å². The lowest BCUT2D eigenvalue weighted by atomic mass is 10.1. The van der Waals surface area contributed by atoms with E-state index < -0.39 is 0 Å². The first-order valence-corrected chi connectivity index (χ1v) is 9.29. The minimum absolute atomic E-state index is 0.294. The molecule has 0 N–H and O–H groups in total. The van der Waals surface area contributed by atoms with E-state index >= 15 is 0 Å². The summed E-state index contributed by atoms with van der Waals surface area (Å²) in [5.74, 6) is 1.79. The molecule has 3 aromatic heterocycles. The Morgan fingerprint density at radius 1 is 1.00 bits per heavy atom. The number of aryl methyl sites for hydroxylation is 1. The van der Waals surface area contributed by atoms with E-state index in [2.05, 4.69) is 20.3 Å². The van der Waals surface area contributed by atoms with E-state index in [4.69, 9.17) is 9.26 Å². The summed E-state index contributed by atoms with van der Waals surface area (Å²) in [6.45, 7) is 2.17. The number of nitrogens with zero attached hydrogens (tertiary/aromatic N) is 5. The molecule has 0 fully saturated rings. The molecular weight excluding hydrogens is 385 g/mol. The van der Waals surface area contributed by atoms with Gasteiger partial charge in [0.25, 0.3) is 5.89 Å². The number of fused-ring (bicyclic) bond motifs is 1. The van der Waals surface area contributed by atoms with E-state index in [1.807, 2.05) is 53.9 Å². The molecule has 5 aromatic rings. The van der Waals surface area contributed by atoms with E-state index in [1.54, 1.807) is 12.1 Å². The van der Waals surface area contributed by atoms with E-state index in [9.17, 15) is 4.39 Å². The fourth-order valence-electron chi connectivity index (χ4n) is 3.11. The first kappa shape index (κ1) is 18.0. The van der Waals surface area contributed by atoms with Crippen LogP contribution in [0.4, 0.5) is 4.39 Å². The van der Waals surface area contributed by atoms with Crippen LogP contribution in [0.2, 0.25) is 0 Å². The van der Waals surface area contributed by atoms with Crippen LogP contribution in [0.3, 0.4) is 0 Å². The number of pyridine rings is 1. The Bertz CT molecular complexity index is 1340. The molecule has 7 nitrogen and oxygen atoms in total. The maximum atomic E-state index is 13.3. The zero-order valence-electron chi connectivity index (χ0n) is 16.0. The molecular formula is C22H16FN5O2. The molecule has 0 aliphatic heterocycles. The van der Waals surface area contributed by atoms with Crippen molar-refractivity contribution in [3.63, 3.8) is 0 Å². The Morgan fingerprint density at radius 2 is 1.90 bits per heavy atom. The third kappa shape index (κ3) is 3.50. The van der Waals surface area contributed by atoms with Crippen molar-refractivity contribution < 1.29 is 13.7 Å². The smallest absolute Gasteiger partial charge is 0.258 e. The van der Waals surface area contributed by atoms with Gasteiger partial charge in [0.05, 0.1) is 0 Å². The monoisotopic (exact) mass is 401 g/mol. The lowest BCUT2D eigenvalue weighted by Crippen LogP contribution is -1.96. The summed E-state index contributed by atoms with van der Waals surface area (Å²) in [5, 5.41) is 12.2. The number of rotatable bonds is 5. The Balaban J connectivity index is 1.37. The van der Waals surface area contributed by atoms with Gasteiger partial charge in [0, 0.05) is 23.4 Å². The molecule has 0 radical (unpaired) electrons. The molecule has 3 heterocycles. The maximum absolute atomic E-state index is 13.3. The van der Waals surface area contributed by atoms with Crippen molar-refractivity contribution in [2.45, 2.75) is 13.5 Å². The van der Waals surface area contributed by atoms with Gasteiger partial charge in [0.2, 0.25) is 5.82 Å². The third-order valence-corrected chi connectivity index (χ3v) is 4.63. The highest BCUT2D eigenvalue weighted by Gasteiger charge is 2.13. The van der Waals surface area contributed by atoms with Gasteiger partial charge in [-0.05, 0) is 48.9 Å². The first-order valence-electron chi connectivity index (χ1n) is 9.29. The third-order valence-electron chi connectivity index (χ3n) is 4.63. The normalized spacial score (nSPS) is 11.1. The van der Waals surface area contributed by atoms with Crippen LogP contribution in [0.1, 0.15) is 11.4 Å². The van der Waals surface area contributed by atoms with E-state index in [0.29, 0.717) is 24.1 Å². The zero-order chi connectivity index (χ0) is 20.5. The van der Waals surface area contributed by atoms with Gasteiger partial charge >= 0.3 is 0 Å². The van der Waals surface area contributed by atoms with E-state index in [1.165, 1.54) is 12.1 Å². The zero-order valence-corrected chi connectivity index (χ0v) is 16.0. The van der Waals surface area contributed by atoms with Crippen molar-refractivity contribution in [1.29, 1.82) is 0 Å². The molecule has 0 aliphatic rings. The van der Waals surface area contributed by atoms with Gasteiger partial charge in [0.15, 0.2) is 5.65 Å². The topological polar surface area (TPSA) is 78.3 Å². The van der Waals surface area contributed by atoms with Crippen molar-refractivity contribution >= 4 is 5.65 Å². The number of hydrogen-bond donors (Lipinski definition) is 0. The summed E-state index contributed by atoms with van der Waals surface area (Å²) in [4.78, 5) is 4.52. The minimum Gasteiger partial charge on any atom is -0.489 e. The molecule has 0 bridgehead atoms. The summed E-state index contributed by atoms with van der Waals surface area (Å²) >= 11 is 0. The highest BCUT2D eigenvalue weighted by atomic mass is 19.1. The van der Waals surface area contributed by atoms with Crippen LogP contribution in [0.15, 0.2) is 71.4 Å². The van der Waals surface area contributed by atoms with Crippen LogP contribution in [-0.2, 0) is 6.61 Å². The van der Waals surface area contributed by atoms with Gasteiger partial charge in [-0.15, -0.1) is 10.2 Å². The summed E-state index contributed by atoms with van der Waals surface area (Å²) in [6.07, 6.45) is 1.88. The highest BCUT2D eigenvalue weighted by molar-refractivity contribution is 5.61. The quantitative estimate of drug-likeness (QED) is 0.432. The second-order valence-corrected chi connectivity index (χ2v) is 6.76. The van der Waals surface area contributed by atoms with Crippen molar-refractivity contribution in [3.8, 4) is 28.6 Å². The maximum Gasteiger partial charge on any atom is 0.258 e. The Labute approximate surface area is 170 Å². The lowest BCUT2D eigenvalue weighted by Gasteiger charge is -2.07. The van der Waals surface area contributed by atoms with Crippen LogP contribution >= 0.6 is 0 Å². The van der Waals surface area contributed by atoms with Gasteiger partial charge in [0.1, 0.15) is 24.0 Å². The Morgan fingerprint density at radius 3 is 2.80 bits per heavy atom. The highest BCUT2D eigenvalue weighted by Crippen LogP contribution is 2.24. The van der Waals surface area contributed by atoms with E-state index in [-0.39, 0.29) is 5.82 Å². The van der Waals surface area contributed by atoms with Crippen LogP contribution in [-0.4, -0.2) is 24.7 Å². The molecule has 0 saturated carbocycles. The first-order chi connectivity index (χ1) is 14.7. The van der Waals surface area contributed by atoms with Gasteiger partial charge in [-0.3, -0.25) is 4.40 Å². The fraction of sp³-hybridized carbons (Fsp3) is 0.0909. The van der Waals surface area contributed by atoms with Crippen molar-refractivity contribution in [2.75, 3.05) is 0 Å². The molecule has 0 unspecified atom stereocenters. The molecule has 0 saturated heterocycles. The summed E-state index contributed by atoms with van der Waals surface area (Å²) < 4.78 is 26.3. The molecule has 2 aromatic carbocycles. The largest absolute Gasteiger partial charge is 0.489 e. The molecule has 5 rings (SSSR count). The summed E-state index contributed by atoms with van der Waals surface area (Å²) in [6, 6.07) is 17.4. The average Bonchev–Trinajstić information content (AvgIpc) is 3.40. The Kier molecular flexibility index (Phi) is 4.44. The summed E-state index contributed by atoms with van der Waals surface area (Å²) in [7, 11) is 0. The molecule has 0 atom stereocenters. The molecule has 0 aliphatic carbocycles. The van der Waals surface area contributed by atoms with Crippen molar-refractivity contribution in [2.24, 2.45) is 0 Å². The Hall–Kier alpha value is -4.07. The second-order valence-electron chi connectivity index (χ2n) is 6.76.